The lowest BCUT2D eigenvalue weighted by Gasteiger charge is -2.13. The van der Waals surface area contributed by atoms with Crippen LogP contribution in [0.5, 0.6) is 0 Å². The van der Waals surface area contributed by atoms with Crippen molar-refractivity contribution in [2.24, 2.45) is 0 Å². The molecular formula is C14H13F3N2. The van der Waals surface area contributed by atoms with Crippen LogP contribution in [0.2, 0.25) is 0 Å². The van der Waals surface area contributed by atoms with Crippen molar-refractivity contribution in [3.8, 4) is 0 Å². The maximum absolute atomic E-state index is 12.6. The zero-order chi connectivity index (χ0) is 13.9. The fraction of sp³-hybridized carbons (Fsp3) is 0.214. The predicted molar refractivity (Wildman–Crippen MR) is 67.7 cm³/mol. The van der Waals surface area contributed by atoms with Gasteiger partial charge in [0.1, 0.15) is 0 Å². The number of nitrogens with zero attached hydrogens (tertiary/aromatic N) is 1. The summed E-state index contributed by atoms with van der Waals surface area (Å²) in [5.74, 6) is 0. The summed E-state index contributed by atoms with van der Waals surface area (Å²) in [6.07, 6.45) is -1.02. The first kappa shape index (κ1) is 13.4. The van der Waals surface area contributed by atoms with Crippen molar-refractivity contribution < 1.29 is 13.2 Å². The monoisotopic (exact) mass is 266 g/mol. The van der Waals surface area contributed by atoms with E-state index in [1.54, 1.807) is 19.3 Å². The number of rotatable bonds is 3. The second-order valence-electron chi connectivity index (χ2n) is 4.24. The van der Waals surface area contributed by atoms with Crippen LogP contribution in [-0.2, 0) is 12.7 Å². The Kier molecular flexibility index (Phi) is 3.74. The summed E-state index contributed by atoms with van der Waals surface area (Å²) in [7, 11) is 0. The molecule has 1 heterocycles. The number of aryl methyl sites for hydroxylation is 1. The Bertz CT molecular complexity index is 550. The molecule has 0 saturated heterocycles. The Balaban J connectivity index is 2.16. The number of alkyl halides is 3. The molecule has 5 heteroatoms. The fourth-order valence-electron chi connectivity index (χ4n) is 1.69. The number of benzene rings is 1. The summed E-state index contributed by atoms with van der Waals surface area (Å²) in [4.78, 5) is 3.89. The summed E-state index contributed by atoms with van der Waals surface area (Å²) in [5.41, 5.74) is 1.59. The molecular weight excluding hydrogens is 253 g/mol. The summed E-state index contributed by atoms with van der Waals surface area (Å²) in [6.45, 7) is 2.24. The molecule has 0 saturated carbocycles. The van der Waals surface area contributed by atoms with E-state index >= 15 is 0 Å². The third-order valence-electron chi connectivity index (χ3n) is 2.80. The van der Waals surface area contributed by atoms with Gasteiger partial charge in [-0.15, -0.1) is 0 Å². The Morgan fingerprint density at radius 1 is 1.11 bits per heavy atom. The van der Waals surface area contributed by atoms with E-state index in [2.05, 4.69) is 10.3 Å². The molecule has 19 heavy (non-hydrogen) atoms. The highest BCUT2D eigenvalue weighted by atomic mass is 19.4. The lowest BCUT2D eigenvalue weighted by atomic mass is 10.1. The fourth-order valence-corrected chi connectivity index (χ4v) is 1.69. The highest BCUT2D eigenvalue weighted by Crippen LogP contribution is 2.32. The first-order valence-corrected chi connectivity index (χ1v) is 5.77. The van der Waals surface area contributed by atoms with Crippen LogP contribution in [0, 0.1) is 6.92 Å². The van der Waals surface area contributed by atoms with Gasteiger partial charge in [0.15, 0.2) is 0 Å². The van der Waals surface area contributed by atoms with Crippen molar-refractivity contribution in [3.63, 3.8) is 0 Å². The molecule has 0 radical (unpaired) electrons. The van der Waals surface area contributed by atoms with Gasteiger partial charge in [0.2, 0.25) is 0 Å². The average Bonchev–Trinajstić information content (AvgIpc) is 2.37. The van der Waals surface area contributed by atoms with Gasteiger partial charge in [0, 0.05) is 24.6 Å². The van der Waals surface area contributed by atoms with Crippen LogP contribution in [0.3, 0.4) is 0 Å². The Labute approximate surface area is 109 Å². The van der Waals surface area contributed by atoms with Gasteiger partial charge in [-0.3, -0.25) is 4.98 Å². The van der Waals surface area contributed by atoms with Crippen LogP contribution >= 0.6 is 0 Å². The topological polar surface area (TPSA) is 24.9 Å². The van der Waals surface area contributed by atoms with E-state index in [1.807, 2.05) is 12.1 Å². The van der Waals surface area contributed by atoms with Crippen molar-refractivity contribution in [1.82, 2.24) is 4.98 Å². The number of halogens is 3. The second kappa shape index (κ2) is 5.30. The summed E-state index contributed by atoms with van der Waals surface area (Å²) < 4.78 is 37.9. The van der Waals surface area contributed by atoms with Crippen LogP contribution in [0.4, 0.5) is 18.9 Å². The first-order valence-electron chi connectivity index (χ1n) is 5.77. The molecule has 0 aliphatic rings. The normalized spacial score (nSPS) is 11.4. The molecule has 0 aliphatic carbocycles. The smallest absolute Gasteiger partial charge is 0.381 e. The summed E-state index contributed by atoms with van der Waals surface area (Å²) in [5, 5.41) is 3.01. The molecule has 0 fully saturated rings. The zero-order valence-electron chi connectivity index (χ0n) is 10.3. The quantitative estimate of drug-likeness (QED) is 0.907. The second-order valence-corrected chi connectivity index (χ2v) is 4.24. The van der Waals surface area contributed by atoms with Crippen molar-refractivity contribution in [3.05, 3.63) is 59.4 Å². The highest BCUT2D eigenvalue weighted by Gasteiger charge is 2.30. The SMILES string of the molecule is Cc1ccc(C(F)(F)F)cc1NCc1ccncc1. The molecule has 100 valence electrons. The van der Waals surface area contributed by atoms with E-state index in [1.165, 1.54) is 6.07 Å². The lowest BCUT2D eigenvalue weighted by Crippen LogP contribution is -2.07. The number of nitrogens with one attached hydrogen (secondary N) is 1. The van der Waals surface area contributed by atoms with Crippen molar-refractivity contribution in [1.29, 1.82) is 0 Å². The maximum Gasteiger partial charge on any atom is 0.416 e. The minimum atomic E-state index is -4.32. The molecule has 1 aromatic heterocycles. The average molecular weight is 266 g/mol. The van der Waals surface area contributed by atoms with Gasteiger partial charge < -0.3 is 5.32 Å². The Morgan fingerprint density at radius 2 is 1.79 bits per heavy atom. The molecule has 0 unspecified atom stereocenters. The van der Waals surface area contributed by atoms with E-state index < -0.39 is 11.7 Å². The lowest BCUT2D eigenvalue weighted by molar-refractivity contribution is -0.137. The molecule has 1 N–H and O–H groups in total. The number of pyridine rings is 1. The summed E-state index contributed by atoms with van der Waals surface area (Å²) >= 11 is 0. The summed E-state index contributed by atoms with van der Waals surface area (Å²) in [6, 6.07) is 7.33. The molecule has 2 nitrogen and oxygen atoms in total. The number of hydrogen-bond donors (Lipinski definition) is 1. The van der Waals surface area contributed by atoms with Gasteiger partial charge in [-0.2, -0.15) is 13.2 Å². The van der Waals surface area contributed by atoms with Gasteiger partial charge >= 0.3 is 6.18 Å². The van der Waals surface area contributed by atoms with Crippen molar-refractivity contribution in [2.75, 3.05) is 5.32 Å². The molecule has 2 rings (SSSR count). The molecule has 0 aliphatic heterocycles. The minimum absolute atomic E-state index is 0.463. The van der Waals surface area contributed by atoms with Crippen LogP contribution in [0.15, 0.2) is 42.7 Å². The Hall–Kier alpha value is -2.04. The largest absolute Gasteiger partial charge is 0.416 e. The predicted octanol–water partition coefficient (Wildman–Crippen LogP) is 4.02. The maximum atomic E-state index is 12.6. The van der Waals surface area contributed by atoms with E-state index in [0.29, 0.717) is 12.2 Å². The van der Waals surface area contributed by atoms with Crippen LogP contribution in [0.1, 0.15) is 16.7 Å². The molecule has 0 atom stereocenters. The zero-order valence-corrected chi connectivity index (χ0v) is 10.3. The first-order chi connectivity index (χ1) is 8.97. The van der Waals surface area contributed by atoms with Gasteiger partial charge in [-0.05, 0) is 42.3 Å². The van der Waals surface area contributed by atoms with Crippen LogP contribution < -0.4 is 5.32 Å². The number of hydrogen-bond acceptors (Lipinski definition) is 2. The van der Waals surface area contributed by atoms with Gasteiger partial charge in [0.05, 0.1) is 5.56 Å². The third-order valence-corrected chi connectivity index (χ3v) is 2.80. The van der Waals surface area contributed by atoms with Gasteiger partial charge in [0.25, 0.3) is 0 Å². The molecule has 0 amide bonds. The molecule has 1 aromatic carbocycles. The van der Waals surface area contributed by atoms with Gasteiger partial charge in [-0.1, -0.05) is 6.07 Å². The van der Waals surface area contributed by atoms with E-state index in [4.69, 9.17) is 0 Å². The minimum Gasteiger partial charge on any atom is -0.381 e. The highest BCUT2D eigenvalue weighted by molar-refractivity contribution is 5.53. The van der Waals surface area contributed by atoms with E-state index in [9.17, 15) is 13.2 Å². The van der Waals surface area contributed by atoms with E-state index in [-0.39, 0.29) is 0 Å². The third kappa shape index (κ3) is 3.47. The van der Waals surface area contributed by atoms with Gasteiger partial charge in [-0.25, -0.2) is 0 Å². The van der Waals surface area contributed by atoms with Crippen molar-refractivity contribution >= 4 is 5.69 Å². The van der Waals surface area contributed by atoms with Crippen molar-refractivity contribution in [2.45, 2.75) is 19.6 Å². The number of aromatic nitrogens is 1. The Morgan fingerprint density at radius 3 is 2.42 bits per heavy atom. The van der Waals surface area contributed by atoms with Crippen LogP contribution in [-0.4, -0.2) is 4.98 Å². The van der Waals surface area contributed by atoms with E-state index in [0.717, 1.165) is 23.3 Å². The molecule has 2 aromatic rings. The number of anilines is 1. The van der Waals surface area contributed by atoms with Crippen LogP contribution in [0.25, 0.3) is 0 Å². The standard InChI is InChI=1S/C14H13F3N2/c1-10-2-3-12(14(15,16)17)8-13(10)19-9-11-4-6-18-7-5-11/h2-8,19H,9H2,1H3. The molecule has 0 spiro atoms. The molecule has 0 bridgehead atoms.